The van der Waals surface area contributed by atoms with Crippen LogP contribution in [0, 0.1) is 0 Å². The Morgan fingerprint density at radius 2 is 1.92 bits per heavy atom. The average molecular weight is 215 g/mol. The minimum atomic E-state index is 0.502. The zero-order valence-corrected chi connectivity index (χ0v) is 9.34. The van der Waals surface area contributed by atoms with Crippen LogP contribution in [-0.4, -0.2) is 17.7 Å². The zero-order chi connectivity index (χ0) is 9.68. The van der Waals surface area contributed by atoms with Crippen LogP contribution in [0.5, 0.6) is 0 Å². The van der Waals surface area contributed by atoms with Crippen molar-refractivity contribution in [2.24, 2.45) is 0 Å². The maximum atomic E-state index is 8.55. The van der Waals surface area contributed by atoms with Crippen LogP contribution < -0.4 is 5.48 Å². The number of nitrogens with one attached hydrogen (secondary N) is 1. The summed E-state index contributed by atoms with van der Waals surface area (Å²) in [7, 11) is 0. The van der Waals surface area contributed by atoms with E-state index in [4.69, 9.17) is 5.21 Å². The van der Waals surface area contributed by atoms with Gasteiger partial charge in [0.1, 0.15) is 0 Å². The lowest BCUT2D eigenvalue weighted by Gasteiger charge is -2.06. The smallest absolute Gasteiger partial charge is 0.0458 e. The second-order valence-electron chi connectivity index (χ2n) is 2.52. The fraction of sp³-hybridized carbons (Fsp3) is 0.333. The van der Waals surface area contributed by atoms with Crippen LogP contribution in [0.2, 0.25) is 0 Å². The van der Waals surface area contributed by atoms with Crippen LogP contribution in [-0.2, 0) is 6.54 Å². The maximum absolute atomic E-state index is 8.55. The van der Waals surface area contributed by atoms with Crippen molar-refractivity contribution >= 4 is 23.5 Å². The summed E-state index contributed by atoms with van der Waals surface area (Å²) >= 11 is 3.47. The first-order chi connectivity index (χ1) is 6.31. The topological polar surface area (TPSA) is 32.3 Å². The van der Waals surface area contributed by atoms with Crippen molar-refractivity contribution in [2.45, 2.75) is 16.3 Å². The molecular formula is C9H13NOS2. The van der Waals surface area contributed by atoms with Gasteiger partial charge in [0.2, 0.25) is 0 Å². The molecule has 1 rings (SSSR count). The SMILES string of the molecule is CSc1ccc(CNO)cc1SC. The molecule has 0 heterocycles. The second kappa shape index (κ2) is 5.54. The highest BCUT2D eigenvalue weighted by Gasteiger charge is 2.01. The number of hydrogen-bond acceptors (Lipinski definition) is 4. The quantitative estimate of drug-likeness (QED) is 0.597. The predicted octanol–water partition coefficient (Wildman–Crippen LogP) is 2.61. The predicted molar refractivity (Wildman–Crippen MR) is 58.6 cm³/mol. The largest absolute Gasteiger partial charge is 0.316 e. The highest BCUT2D eigenvalue weighted by Crippen LogP contribution is 2.28. The summed E-state index contributed by atoms with van der Waals surface area (Å²) < 4.78 is 0. The molecule has 0 saturated carbocycles. The lowest BCUT2D eigenvalue weighted by atomic mass is 10.2. The zero-order valence-electron chi connectivity index (χ0n) is 7.70. The third-order valence-corrected chi connectivity index (χ3v) is 3.43. The molecule has 72 valence electrons. The molecule has 0 aliphatic heterocycles. The lowest BCUT2D eigenvalue weighted by Crippen LogP contribution is -2.05. The molecule has 0 aliphatic rings. The second-order valence-corrected chi connectivity index (χ2v) is 4.22. The molecule has 0 unspecified atom stereocenters. The molecule has 0 atom stereocenters. The van der Waals surface area contributed by atoms with Crippen LogP contribution in [0.25, 0.3) is 0 Å². The fourth-order valence-electron chi connectivity index (χ4n) is 1.08. The van der Waals surface area contributed by atoms with Crippen molar-refractivity contribution in [2.75, 3.05) is 12.5 Å². The van der Waals surface area contributed by atoms with Gasteiger partial charge in [-0.05, 0) is 30.2 Å². The van der Waals surface area contributed by atoms with E-state index in [1.807, 2.05) is 6.07 Å². The summed E-state index contributed by atoms with van der Waals surface area (Å²) in [5, 5.41) is 8.55. The monoisotopic (exact) mass is 215 g/mol. The van der Waals surface area contributed by atoms with Gasteiger partial charge in [0, 0.05) is 16.3 Å². The highest BCUT2D eigenvalue weighted by molar-refractivity contribution is 8.01. The standard InChI is InChI=1S/C9H13NOS2/c1-12-8-4-3-7(6-10-11)5-9(8)13-2/h3-5,10-11H,6H2,1-2H3. The Balaban J connectivity index is 2.91. The van der Waals surface area contributed by atoms with Gasteiger partial charge in [-0.2, -0.15) is 0 Å². The van der Waals surface area contributed by atoms with Crippen LogP contribution in [0.1, 0.15) is 5.56 Å². The molecule has 0 fully saturated rings. The Kier molecular flexibility index (Phi) is 4.66. The number of benzene rings is 1. The summed E-state index contributed by atoms with van der Waals surface area (Å²) in [6, 6.07) is 6.21. The van der Waals surface area contributed by atoms with E-state index in [9.17, 15) is 0 Å². The Hall–Kier alpha value is -0.160. The van der Waals surface area contributed by atoms with Crippen molar-refractivity contribution in [1.82, 2.24) is 5.48 Å². The molecule has 0 saturated heterocycles. The number of thioether (sulfide) groups is 2. The molecule has 0 aliphatic carbocycles. The summed E-state index contributed by atoms with van der Waals surface area (Å²) in [5.74, 6) is 0. The van der Waals surface area contributed by atoms with Crippen molar-refractivity contribution in [3.63, 3.8) is 0 Å². The van der Waals surface area contributed by atoms with Crippen LogP contribution in [0.4, 0.5) is 0 Å². The van der Waals surface area contributed by atoms with E-state index in [1.54, 1.807) is 23.5 Å². The lowest BCUT2D eigenvalue weighted by molar-refractivity contribution is 0.161. The maximum Gasteiger partial charge on any atom is 0.0458 e. The van der Waals surface area contributed by atoms with Crippen molar-refractivity contribution in [3.8, 4) is 0 Å². The van der Waals surface area contributed by atoms with Gasteiger partial charge in [0.15, 0.2) is 0 Å². The van der Waals surface area contributed by atoms with E-state index in [0.29, 0.717) is 6.54 Å². The molecule has 1 aromatic carbocycles. The molecule has 0 aromatic heterocycles. The fourth-order valence-corrected chi connectivity index (χ4v) is 2.58. The molecule has 4 heteroatoms. The molecule has 2 nitrogen and oxygen atoms in total. The molecule has 1 aromatic rings. The highest BCUT2D eigenvalue weighted by atomic mass is 32.2. The molecule has 13 heavy (non-hydrogen) atoms. The summed E-state index contributed by atoms with van der Waals surface area (Å²) in [6.07, 6.45) is 4.13. The van der Waals surface area contributed by atoms with E-state index >= 15 is 0 Å². The normalized spacial score (nSPS) is 10.4. The molecular weight excluding hydrogens is 202 g/mol. The minimum absolute atomic E-state index is 0.502. The summed E-state index contributed by atoms with van der Waals surface area (Å²) in [6.45, 7) is 0.502. The van der Waals surface area contributed by atoms with Crippen molar-refractivity contribution in [3.05, 3.63) is 23.8 Å². The summed E-state index contributed by atoms with van der Waals surface area (Å²) in [4.78, 5) is 2.55. The third-order valence-electron chi connectivity index (χ3n) is 1.73. The van der Waals surface area contributed by atoms with E-state index in [-0.39, 0.29) is 0 Å². The Bertz CT molecular complexity index is 278. The van der Waals surface area contributed by atoms with Gasteiger partial charge in [-0.25, -0.2) is 5.48 Å². The Morgan fingerprint density at radius 3 is 2.46 bits per heavy atom. The van der Waals surface area contributed by atoms with Crippen molar-refractivity contribution < 1.29 is 5.21 Å². The molecule has 2 N–H and O–H groups in total. The van der Waals surface area contributed by atoms with Crippen molar-refractivity contribution in [1.29, 1.82) is 0 Å². The Labute approximate surface area is 87.1 Å². The van der Waals surface area contributed by atoms with Gasteiger partial charge in [-0.1, -0.05) is 6.07 Å². The molecule has 0 amide bonds. The van der Waals surface area contributed by atoms with Gasteiger partial charge in [0.25, 0.3) is 0 Å². The van der Waals surface area contributed by atoms with Crippen LogP contribution in [0.3, 0.4) is 0 Å². The van der Waals surface area contributed by atoms with E-state index < -0.39 is 0 Å². The average Bonchev–Trinajstić information content (AvgIpc) is 2.18. The van der Waals surface area contributed by atoms with E-state index in [2.05, 4.69) is 30.1 Å². The van der Waals surface area contributed by atoms with Gasteiger partial charge in [-0.3, -0.25) is 0 Å². The minimum Gasteiger partial charge on any atom is -0.316 e. The van der Waals surface area contributed by atoms with Crippen LogP contribution >= 0.6 is 23.5 Å². The summed E-state index contributed by atoms with van der Waals surface area (Å²) in [5.41, 5.74) is 3.26. The van der Waals surface area contributed by atoms with Crippen LogP contribution in [0.15, 0.2) is 28.0 Å². The Morgan fingerprint density at radius 1 is 1.23 bits per heavy atom. The van der Waals surface area contributed by atoms with Gasteiger partial charge in [-0.15, -0.1) is 23.5 Å². The molecule has 0 spiro atoms. The first kappa shape index (κ1) is 10.9. The third kappa shape index (κ3) is 2.91. The number of rotatable bonds is 4. The number of hydrogen-bond donors (Lipinski definition) is 2. The first-order valence-electron chi connectivity index (χ1n) is 3.89. The van der Waals surface area contributed by atoms with Gasteiger partial charge < -0.3 is 5.21 Å². The number of hydroxylamine groups is 1. The van der Waals surface area contributed by atoms with E-state index in [1.165, 1.54) is 9.79 Å². The van der Waals surface area contributed by atoms with Gasteiger partial charge in [0.05, 0.1) is 0 Å². The first-order valence-corrected chi connectivity index (χ1v) is 6.34. The molecule has 0 radical (unpaired) electrons. The van der Waals surface area contributed by atoms with E-state index in [0.717, 1.165) is 5.56 Å². The molecule has 0 bridgehead atoms. The van der Waals surface area contributed by atoms with Gasteiger partial charge >= 0.3 is 0 Å².